The number of pyridine rings is 1. The number of aromatic nitrogens is 1. The molecule has 1 fully saturated rings. The fourth-order valence-electron chi connectivity index (χ4n) is 1.46. The molecule has 0 aromatic carbocycles. The van der Waals surface area contributed by atoms with Gasteiger partial charge in [-0.1, -0.05) is 0 Å². The maximum Gasteiger partial charge on any atom is 0.220 e. The predicted molar refractivity (Wildman–Crippen MR) is 58.9 cm³/mol. The van der Waals surface area contributed by atoms with Gasteiger partial charge in [-0.05, 0) is 30.9 Å². The van der Waals surface area contributed by atoms with Gasteiger partial charge in [0.15, 0.2) is 5.78 Å². The zero-order valence-corrected chi connectivity index (χ0v) is 8.98. The van der Waals surface area contributed by atoms with E-state index in [0.29, 0.717) is 17.9 Å². The van der Waals surface area contributed by atoms with Gasteiger partial charge in [0, 0.05) is 24.4 Å². The lowest BCUT2D eigenvalue weighted by Gasteiger charge is -2.03. The van der Waals surface area contributed by atoms with Crippen LogP contribution in [0.25, 0.3) is 0 Å². The molecule has 1 aliphatic carbocycles. The number of carbonyl (C=O) groups excluding carboxylic acids is 2. The number of hydrogen-bond acceptors (Lipinski definition) is 3. The summed E-state index contributed by atoms with van der Waals surface area (Å²) in [5.74, 6) is 0.422. The molecule has 0 unspecified atom stereocenters. The summed E-state index contributed by atoms with van der Waals surface area (Å²) < 4.78 is 0. The van der Waals surface area contributed by atoms with E-state index in [0.717, 1.165) is 12.8 Å². The molecule has 0 aliphatic heterocycles. The average Bonchev–Trinajstić information content (AvgIpc) is 3.11. The zero-order valence-electron chi connectivity index (χ0n) is 8.98. The van der Waals surface area contributed by atoms with E-state index in [2.05, 4.69) is 10.3 Å². The molecule has 2 rings (SSSR count). The Hall–Kier alpha value is -1.71. The number of Topliss-reactive ketones (excluding diaryl/α,β-unsaturated/α-hetero) is 1. The Labute approximate surface area is 94.1 Å². The molecule has 1 aromatic heterocycles. The number of carbonyl (C=O) groups is 2. The first-order valence-corrected chi connectivity index (χ1v) is 5.45. The number of hydrogen-bond donors (Lipinski definition) is 1. The number of amides is 1. The largest absolute Gasteiger partial charge is 0.349 e. The van der Waals surface area contributed by atoms with Crippen molar-refractivity contribution in [2.45, 2.75) is 19.3 Å². The predicted octanol–water partition coefficient (Wildman–Crippen LogP) is 1.18. The van der Waals surface area contributed by atoms with E-state index < -0.39 is 0 Å². The van der Waals surface area contributed by atoms with Crippen molar-refractivity contribution < 1.29 is 9.59 Å². The summed E-state index contributed by atoms with van der Waals surface area (Å²) in [5.41, 5.74) is 0.536. The van der Waals surface area contributed by atoms with E-state index >= 15 is 0 Å². The second-order valence-corrected chi connectivity index (χ2v) is 4.09. The van der Waals surface area contributed by atoms with Crippen molar-refractivity contribution >= 4 is 11.7 Å². The summed E-state index contributed by atoms with van der Waals surface area (Å²) >= 11 is 0. The maximum atomic E-state index is 11.6. The van der Waals surface area contributed by atoms with E-state index in [1.54, 1.807) is 18.3 Å². The van der Waals surface area contributed by atoms with Gasteiger partial charge in [-0.2, -0.15) is 0 Å². The smallest absolute Gasteiger partial charge is 0.220 e. The average molecular weight is 218 g/mol. The topological polar surface area (TPSA) is 59.1 Å². The molecule has 1 N–H and O–H groups in total. The third-order valence-electron chi connectivity index (χ3n) is 2.60. The Balaban J connectivity index is 1.77. The molecule has 4 nitrogen and oxygen atoms in total. The summed E-state index contributed by atoms with van der Waals surface area (Å²) in [6.07, 6.45) is 5.96. The van der Waals surface area contributed by atoms with Gasteiger partial charge < -0.3 is 5.32 Å². The Bertz CT molecular complexity index is 385. The second kappa shape index (κ2) is 4.88. The number of nitrogens with one attached hydrogen (secondary N) is 1. The monoisotopic (exact) mass is 218 g/mol. The molecule has 0 spiro atoms. The molecule has 0 radical (unpaired) electrons. The molecule has 0 atom stereocenters. The van der Waals surface area contributed by atoms with Gasteiger partial charge in [-0.15, -0.1) is 0 Å². The molecule has 1 amide bonds. The van der Waals surface area contributed by atoms with Crippen molar-refractivity contribution in [2.24, 2.45) is 5.92 Å². The molecule has 1 aromatic rings. The number of rotatable bonds is 5. The highest BCUT2D eigenvalue weighted by molar-refractivity contribution is 5.99. The van der Waals surface area contributed by atoms with Crippen molar-refractivity contribution in [3.05, 3.63) is 30.1 Å². The lowest BCUT2D eigenvalue weighted by Crippen LogP contribution is -2.29. The quantitative estimate of drug-likeness (QED) is 0.755. The second-order valence-electron chi connectivity index (χ2n) is 4.09. The molecule has 0 saturated heterocycles. The molecule has 1 heterocycles. The van der Waals surface area contributed by atoms with Gasteiger partial charge in [-0.3, -0.25) is 14.6 Å². The van der Waals surface area contributed by atoms with E-state index in [9.17, 15) is 9.59 Å². The van der Waals surface area contributed by atoms with Crippen LogP contribution in [0.4, 0.5) is 0 Å². The summed E-state index contributed by atoms with van der Waals surface area (Å²) in [4.78, 5) is 26.8. The van der Waals surface area contributed by atoms with Crippen LogP contribution in [0, 0.1) is 5.92 Å². The third-order valence-corrected chi connectivity index (χ3v) is 2.60. The number of ketones is 1. The molecule has 16 heavy (non-hydrogen) atoms. The fraction of sp³-hybridized carbons (Fsp3) is 0.417. The summed E-state index contributed by atoms with van der Waals surface area (Å²) in [6, 6.07) is 3.40. The Morgan fingerprint density at radius 3 is 2.88 bits per heavy atom. The molecular formula is C12H14N2O2. The van der Waals surface area contributed by atoms with Crippen LogP contribution in [-0.2, 0) is 4.79 Å². The van der Waals surface area contributed by atoms with Gasteiger partial charge in [0.2, 0.25) is 5.91 Å². The van der Waals surface area contributed by atoms with Crippen LogP contribution in [-0.4, -0.2) is 23.2 Å². The Kier molecular flexibility index (Phi) is 3.29. The SMILES string of the molecule is O=C(CC1CC1)NCC(=O)c1cccnc1. The highest BCUT2D eigenvalue weighted by Crippen LogP contribution is 2.31. The maximum absolute atomic E-state index is 11.6. The Morgan fingerprint density at radius 2 is 2.25 bits per heavy atom. The standard InChI is InChI=1S/C12H14N2O2/c15-11(10-2-1-5-13-7-10)8-14-12(16)6-9-3-4-9/h1-2,5,7,9H,3-4,6,8H2,(H,14,16). The van der Waals surface area contributed by atoms with Gasteiger partial charge in [0.25, 0.3) is 0 Å². The van der Waals surface area contributed by atoms with Gasteiger partial charge in [-0.25, -0.2) is 0 Å². The van der Waals surface area contributed by atoms with E-state index in [4.69, 9.17) is 0 Å². The first-order chi connectivity index (χ1) is 7.75. The van der Waals surface area contributed by atoms with Gasteiger partial charge in [0.1, 0.15) is 0 Å². The molecule has 1 aliphatic rings. The molecule has 84 valence electrons. The van der Waals surface area contributed by atoms with Crippen LogP contribution in [0.1, 0.15) is 29.6 Å². The van der Waals surface area contributed by atoms with Crippen LogP contribution in [0.3, 0.4) is 0 Å². The summed E-state index contributed by atoms with van der Waals surface area (Å²) in [7, 11) is 0. The minimum atomic E-state index is -0.0998. The van der Waals surface area contributed by atoms with E-state index in [1.165, 1.54) is 6.20 Å². The summed E-state index contributed by atoms with van der Waals surface area (Å²) in [5, 5.41) is 2.64. The van der Waals surface area contributed by atoms with Crippen LogP contribution >= 0.6 is 0 Å². The van der Waals surface area contributed by atoms with Crippen molar-refractivity contribution in [1.82, 2.24) is 10.3 Å². The first kappa shape index (κ1) is 10.8. The molecular weight excluding hydrogens is 204 g/mol. The fourth-order valence-corrected chi connectivity index (χ4v) is 1.46. The normalized spacial score (nSPS) is 14.5. The minimum Gasteiger partial charge on any atom is -0.349 e. The van der Waals surface area contributed by atoms with E-state index in [1.807, 2.05) is 0 Å². The van der Waals surface area contributed by atoms with Crippen LogP contribution in [0.5, 0.6) is 0 Å². The molecule has 1 saturated carbocycles. The van der Waals surface area contributed by atoms with E-state index in [-0.39, 0.29) is 18.2 Å². The van der Waals surface area contributed by atoms with Crippen LogP contribution in [0.15, 0.2) is 24.5 Å². The van der Waals surface area contributed by atoms with Crippen LogP contribution < -0.4 is 5.32 Å². The third kappa shape index (κ3) is 3.15. The highest BCUT2D eigenvalue weighted by atomic mass is 16.2. The van der Waals surface area contributed by atoms with Gasteiger partial charge >= 0.3 is 0 Å². The molecule has 4 heteroatoms. The highest BCUT2D eigenvalue weighted by Gasteiger charge is 2.24. The minimum absolute atomic E-state index is 0.0280. The zero-order chi connectivity index (χ0) is 11.4. The first-order valence-electron chi connectivity index (χ1n) is 5.45. The van der Waals surface area contributed by atoms with Crippen LogP contribution in [0.2, 0.25) is 0 Å². The molecule has 0 bridgehead atoms. The number of nitrogens with zero attached hydrogens (tertiary/aromatic N) is 1. The van der Waals surface area contributed by atoms with Crippen molar-refractivity contribution in [1.29, 1.82) is 0 Å². The van der Waals surface area contributed by atoms with Crippen molar-refractivity contribution in [2.75, 3.05) is 6.54 Å². The summed E-state index contributed by atoms with van der Waals surface area (Å²) in [6.45, 7) is 0.0667. The Morgan fingerprint density at radius 1 is 1.44 bits per heavy atom. The van der Waals surface area contributed by atoms with Gasteiger partial charge in [0.05, 0.1) is 6.54 Å². The van der Waals surface area contributed by atoms with Crippen molar-refractivity contribution in [3.63, 3.8) is 0 Å². The van der Waals surface area contributed by atoms with Crippen molar-refractivity contribution in [3.8, 4) is 0 Å². The lowest BCUT2D eigenvalue weighted by molar-refractivity contribution is -0.121. The lowest BCUT2D eigenvalue weighted by atomic mass is 10.2.